The van der Waals surface area contributed by atoms with Gasteiger partial charge in [-0.05, 0) is 42.2 Å². The predicted octanol–water partition coefficient (Wildman–Crippen LogP) is 5.03. The number of aryl methyl sites for hydroxylation is 1. The highest BCUT2D eigenvalue weighted by atomic mass is 35.5. The van der Waals surface area contributed by atoms with Crippen LogP contribution in [0, 0.1) is 6.92 Å². The van der Waals surface area contributed by atoms with E-state index in [4.69, 9.17) is 16.0 Å². The van der Waals surface area contributed by atoms with Crippen LogP contribution in [0.2, 0.25) is 5.02 Å². The molecule has 0 radical (unpaired) electrons. The topological polar surface area (TPSA) is 33.5 Å². The highest BCUT2D eigenvalue weighted by molar-refractivity contribution is 6.31. The summed E-state index contributed by atoms with van der Waals surface area (Å²) < 4.78 is 5.34. The third-order valence-electron chi connectivity index (χ3n) is 4.72. The normalized spacial score (nSPS) is 16.6. The molecule has 0 N–H and O–H groups in total. The molecule has 1 amide bonds. The van der Waals surface area contributed by atoms with Crippen LogP contribution in [0.5, 0.6) is 0 Å². The second-order valence-electron chi connectivity index (χ2n) is 6.32. The number of carbonyl (C=O) groups excluding carboxylic acids is 1. The molecule has 2 heterocycles. The number of nitrogens with zero attached hydrogens (tertiary/aromatic N) is 1. The molecule has 0 bridgehead atoms. The summed E-state index contributed by atoms with van der Waals surface area (Å²) in [7, 11) is 0. The largest absolute Gasteiger partial charge is 0.469 e. The molecule has 0 saturated heterocycles. The lowest BCUT2D eigenvalue weighted by molar-refractivity contribution is 0.0694. The smallest absolute Gasteiger partial charge is 0.257 e. The maximum atomic E-state index is 13.1. The molecule has 1 atom stereocenters. The second-order valence-corrected chi connectivity index (χ2v) is 6.72. The molecule has 1 unspecified atom stereocenters. The molecule has 1 aliphatic rings. The van der Waals surface area contributed by atoms with Crippen molar-refractivity contribution in [1.29, 1.82) is 0 Å². The van der Waals surface area contributed by atoms with Gasteiger partial charge in [0.05, 0.1) is 11.6 Å². The van der Waals surface area contributed by atoms with Crippen molar-refractivity contribution in [2.45, 2.75) is 19.4 Å². The van der Waals surface area contributed by atoms with Gasteiger partial charge in [-0.3, -0.25) is 4.79 Å². The fourth-order valence-corrected chi connectivity index (χ4v) is 3.78. The van der Waals surface area contributed by atoms with Crippen LogP contribution < -0.4 is 0 Å². The van der Waals surface area contributed by atoms with E-state index in [2.05, 4.69) is 12.1 Å². The fraction of sp³-hybridized carbons (Fsp3) is 0.190. The molecule has 25 heavy (non-hydrogen) atoms. The van der Waals surface area contributed by atoms with Gasteiger partial charge in [-0.1, -0.05) is 54.1 Å². The Morgan fingerprint density at radius 2 is 1.84 bits per heavy atom. The first kappa shape index (κ1) is 16.0. The van der Waals surface area contributed by atoms with Crippen LogP contribution >= 0.6 is 11.6 Å². The summed E-state index contributed by atoms with van der Waals surface area (Å²) in [6.07, 6.45) is 2.36. The van der Waals surface area contributed by atoms with Crippen LogP contribution in [0.4, 0.5) is 0 Å². The summed E-state index contributed by atoms with van der Waals surface area (Å²) in [5, 5.41) is 0.672. The van der Waals surface area contributed by atoms with Crippen molar-refractivity contribution in [1.82, 2.24) is 4.90 Å². The van der Waals surface area contributed by atoms with Gasteiger partial charge in [-0.15, -0.1) is 0 Å². The van der Waals surface area contributed by atoms with Crippen LogP contribution in [0.3, 0.4) is 0 Å². The molecule has 2 aromatic carbocycles. The zero-order valence-electron chi connectivity index (χ0n) is 13.9. The Bertz CT molecular complexity index is 931. The standard InChI is InChI=1S/C21H18ClNO2/c1-14-12-16(13-25-14)21(24)23-11-10-15-6-2-3-7-17(15)20(23)18-8-4-5-9-19(18)22/h2-9,12-13,20H,10-11H2,1H3. The molecule has 3 aromatic rings. The number of benzene rings is 2. The molecular formula is C21H18ClNO2. The van der Waals surface area contributed by atoms with Crippen molar-refractivity contribution in [3.8, 4) is 0 Å². The Hall–Kier alpha value is -2.52. The Kier molecular flexibility index (Phi) is 4.10. The van der Waals surface area contributed by atoms with Gasteiger partial charge in [0.25, 0.3) is 5.91 Å². The molecule has 0 fully saturated rings. The number of hydrogen-bond donors (Lipinski definition) is 0. The van der Waals surface area contributed by atoms with E-state index in [9.17, 15) is 4.79 Å². The molecule has 0 spiro atoms. The Morgan fingerprint density at radius 3 is 2.56 bits per heavy atom. The van der Waals surface area contributed by atoms with Crippen LogP contribution in [0.1, 0.15) is 38.9 Å². The predicted molar refractivity (Wildman–Crippen MR) is 97.9 cm³/mol. The van der Waals surface area contributed by atoms with E-state index in [-0.39, 0.29) is 11.9 Å². The van der Waals surface area contributed by atoms with Crippen molar-refractivity contribution < 1.29 is 9.21 Å². The number of halogens is 1. The SMILES string of the molecule is Cc1cc(C(=O)N2CCc3ccccc3C2c2ccccc2Cl)co1. The zero-order valence-corrected chi connectivity index (χ0v) is 14.7. The Labute approximate surface area is 151 Å². The van der Waals surface area contributed by atoms with E-state index in [1.807, 2.05) is 48.2 Å². The van der Waals surface area contributed by atoms with Crippen molar-refractivity contribution in [2.24, 2.45) is 0 Å². The Morgan fingerprint density at radius 1 is 1.12 bits per heavy atom. The average molecular weight is 352 g/mol. The molecule has 4 heteroatoms. The number of fused-ring (bicyclic) bond motifs is 1. The lowest BCUT2D eigenvalue weighted by atomic mass is 9.88. The van der Waals surface area contributed by atoms with Crippen LogP contribution in [0.15, 0.2) is 65.3 Å². The van der Waals surface area contributed by atoms with E-state index in [1.54, 1.807) is 6.07 Å². The van der Waals surface area contributed by atoms with Crippen LogP contribution in [-0.2, 0) is 6.42 Å². The van der Waals surface area contributed by atoms with Crippen molar-refractivity contribution in [3.63, 3.8) is 0 Å². The minimum absolute atomic E-state index is 0.0312. The minimum atomic E-state index is -0.193. The van der Waals surface area contributed by atoms with Gasteiger partial charge in [-0.25, -0.2) is 0 Å². The minimum Gasteiger partial charge on any atom is -0.469 e. The van der Waals surface area contributed by atoms with E-state index >= 15 is 0 Å². The maximum absolute atomic E-state index is 13.1. The van der Waals surface area contributed by atoms with Crippen LogP contribution in [-0.4, -0.2) is 17.4 Å². The van der Waals surface area contributed by atoms with Crippen molar-refractivity contribution in [3.05, 3.63) is 93.9 Å². The van der Waals surface area contributed by atoms with E-state index < -0.39 is 0 Å². The molecule has 1 aliphatic heterocycles. The number of rotatable bonds is 2. The van der Waals surface area contributed by atoms with Crippen molar-refractivity contribution >= 4 is 17.5 Å². The molecule has 3 nitrogen and oxygen atoms in total. The first-order valence-corrected chi connectivity index (χ1v) is 8.71. The fourth-order valence-electron chi connectivity index (χ4n) is 3.54. The Balaban J connectivity index is 1.83. The summed E-state index contributed by atoms with van der Waals surface area (Å²) in [6.45, 7) is 2.49. The van der Waals surface area contributed by atoms with E-state index in [1.165, 1.54) is 11.8 Å². The van der Waals surface area contributed by atoms with Crippen molar-refractivity contribution in [2.75, 3.05) is 6.54 Å². The summed E-state index contributed by atoms with van der Waals surface area (Å²) in [4.78, 5) is 15.0. The average Bonchev–Trinajstić information content (AvgIpc) is 3.07. The van der Waals surface area contributed by atoms with Gasteiger partial charge in [-0.2, -0.15) is 0 Å². The van der Waals surface area contributed by atoms with Gasteiger partial charge in [0.15, 0.2) is 0 Å². The van der Waals surface area contributed by atoms with Gasteiger partial charge in [0.1, 0.15) is 12.0 Å². The van der Waals surface area contributed by atoms with Gasteiger partial charge >= 0.3 is 0 Å². The molecule has 4 rings (SSSR count). The lowest BCUT2D eigenvalue weighted by Gasteiger charge is -2.38. The van der Waals surface area contributed by atoms with Crippen LogP contribution in [0.25, 0.3) is 0 Å². The monoisotopic (exact) mass is 351 g/mol. The molecule has 0 aliphatic carbocycles. The highest BCUT2D eigenvalue weighted by Crippen LogP contribution is 2.38. The molecule has 126 valence electrons. The zero-order chi connectivity index (χ0) is 17.4. The summed E-state index contributed by atoms with van der Waals surface area (Å²) >= 11 is 6.49. The summed E-state index contributed by atoms with van der Waals surface area (Å²) in [6, 6.07) is 17.6. The quantitative estimate of drug-likeness (QED) is 0.648. The number of furan rings is 1. The number of amides is 1. The maximum Gasteiger partial charge on any atom is 0.257 e. The summed E-state index contributed by atoms with van der Waals surface area (Å²) in [5.74, 6) is 0.700. The van der Waals surface area contributed by atoms with E-state index in [0.717, 1.165) is 23.3 Å². The summed E-state index contributed by atoms with van der Waals surface area (Å²) in [5.41, 5.74) is 3.93. The van der Waals surface area contributed by atoms with E-state index in [0.29, 0.717) is 17.1 Å². The molecule has 0 saturated carbocycles. The molecular weight excluding hydrogens is 334 g/mol. The highest BCUT2D eigenvalue weighted by Gasteiger charge is 2.33. The number of carbonyl (C=O) groups is 1. The van der Waals surface area contributed by atoms with Gasteiger partial charge < -0.3 is 9.32 Å². The third kappa shape index (κ3) is 2.85. The first-order valence-electron chi connectivity index (χ1n) is 8.33. The first-order chi connectivity index (χ1) is 12.1. The number of hydrogen-bond acceptors (Lipinski definition) is 2. The second kappa shape index (κ2) is 6.41. The third-order valence-corrected chi connectivity index (χ3v) is 5.07. The molecule has 1 aromatic heterocycles. The van der Waals surface area contributed by atoms with Gasteiger partial charge in [0.2, 0.25) is 0 Å². The lowest BCUT2D eigenvalue weighted by Crippen LogP contribution is -2.40. The van der Waals surface area contributed by atoms with Gasteiger partial charge in [0, 0.05) is 11.6 Å².